The first-order valence-electron chi connectivity index (χ1n) is 14.2. The largest absolute Gasteiger partial charge is 0.426 e. The van der Waals surface area contributed by atoms with Crippen LogP contribution < -0.4 is 16.3 Å². The Balaban J connectivity index is 1.32. The summed E-state index contributed by atoms with van der Waals surface area (Å²) in [5.41, 5.74) is 9.80. The van der Waals surface area contributed by atoms with Gasteiger partial charge in [0.05, 0.1) is 51.2 Å². The van der Waals surface area contributed by atoms with E-state index in [9.17, 15) is 4.79 Å². The summed E-state index contributed by atoms with van der Waals surface area (Å²) in [6.45, 7) is 5.63. The first-order chi connectivity index (χ1) is 20.1. The predicted molar refractivity (Wildman–Crippen MR) is 160 cm³/mol. The lowest BCUT2D eigenvalue weighted by atomic mass is 9.60. The van der Waals surface area contributed by atoms with Gasteiger partial charge in [0.15, 0.2) is 0 Å². The number of carbonyl (C=O) groups excluding carboxylic acids is 1. The number of benzene rings is 3. The molecule has 1 saturated carbocycles. The highest BCUT2D eigenvalue weighted by atomic mass is 16.5. The van der Waals surface area contributed by atoms with Crippen LogP contribution >= 0.6 is 0 Å². The number of hydrogen-bond acceptors (Lipinski definition) is 8. The predicted octanol–water partition coefficient (Wildman–Crippen LogP) is 4.68. The van der Waals surface area contributed by atoms with Gasteiger partial charge in [-0.15, -0.1) is 0 Å². The molecule has 1 aliphatic rings. The summed E-state index contributed by atoms with van der Waals surface area (Å²) in [5, 5.41) is 1.48. The number of hydrazine groups is 1. The zero-order valence-corrected chi connectivity index (χ0v) is 23.7. The molecular formula is C33H41N3O5. The van der Waals surface area contributed by atoms with E-state index in [-0.39, 0.29) is 23.7 Å². The third-order valence-corrected chi connectivity index (χ3v) is 7.24. The Kier molecular flexibility index (Phi) is 11.8. The molecule has 1 fully saturated rings. The van der Waals surface area contributed by atoms with Crippen LogP contribution in [0.2, 0.25) is 0 Å². The Labute approximate surface area is 242 Å². The van der Waals surface area contributed by atoms with Crippen molar-refractivity contribution in [3.05, 3.63) is 108 Å². The Morgan fingerprint density at radius 2 is 1.41 bits per heavy atom. The molecule has 0 amide bonds. The van der Waals surface area contributed by atoms with E-state index in [0.717, 1.165) is 17.5 Å². The summed E-state index contributed by atoms with van der Waals surface area (Å²) in [6.07, 6.45) is 2.55. The molecule has 0 radical (unpaired) electrons. The van der Waals surface area contributed by atoms with Gasteiger partial charge >= 0.3 is 5.97 Å². The first kappa shape index (κ1) is 30.3. The molecule has 0 spiro atoms. The van der Waals surface area contributed by atoms with E-state index >= 15 is 0 Å². The first-order valence-corrected chi connectivity index (χ1v) is 14.2. The van der Waals surface area contributed by atoms with Crippen molar-refractivity contribution in [3.8, 4) is 5.75 Å². The molecule has 3 aromatic rings. The van der Waals surface area contributed by atoms with Crippen LogP contribution in [0.15, 0.2) is 91.1 Å². The molecule has 3 atom stereocenters. The molecule has 0 aromatic heterocycles. The Hall–Kier alpha value is -3.69. The minimum absolute atomic E-state index is 0.108. The third kappa shape index (κ3) is 8.90. The third-order valence-electron chi connectivity index (χ3n) is 7.24. The molecule has 0 saturated heterocycles. The van der Waals surface area contributed by atoms with Gasteiger partial charge in [0.25, 0.3) is 0 Å². The van der Waals surface area contributed by atoms with Crippen molar-refractivity contribution in [2.45, 2.75) is 25.2 Å². The number of esters is 1. The highest BCUT2D eigenvalue weighted by Gasteiger charge is 2.48. The van der Waals surface area contributed by atoms with E-state index in [2.05, 4.69) is 24.3 Å². The van der Waals surface area contributed by atoms with E-state index in [0.29, 0.717) is 63.2 Å². The van der Waals surface area contributed by atoms with Crippen LogP contribution in [0.1, 0.15) is 41.9 Å². The molecular weight excluding hydrogens is 518 g/mol. The molecule has 3 aromatic carbocycles. The molecule has 1 aliphatic carbocycles. The van der Waals surface area contributed by atoms with Crippen molar-refractivity contribution in [2.24, 2.45) is 17.5 Å². The highest BCUT2D eigenvalue weighted by molar-refractivity contribution is 5.79. The van der Waals surface area contributed by atoms with Crippen LogP contribution in [0.5, 0.6) is 5.75 Å². The normalized spacial score (nSPS) is 18.5. The van der Waals surface area contributed by atoms with Gasteiger partial charge in [-0.2, -0.15) is 0 Å². The number of carbonyl (C=O) groups is 1. The molecule has 2 unspecified atom stereocenters. The molecule has 4 rings (SSSR count). The maximum absolute atomic E-state index is 13.6. The van der Waals surface area contributed by atoms with Crippen LogP contribution in [0.25, 0.3) is 5.70 Å². The molecule has 41 heavy (non-hydrogen) atoms. The van der Waals surface area contributed by atoms with E-state index in [1.807, 2.05) is 55.5 Å². The summed E-state index contributed by atoms with van der Waals surface area (Å²) >= 11 is 0. The van der Waals surface area contributed by atoms with E-state index < -0.39 is 0 Å². The van der Waals surface area contributed by atoms with E-state index in [1.165, 1.54) is 5.01 Å². The Morgan fingerprint density at radius 1 is 0.829 bits per heavy atom. The van der Waals surface area contributed by atoms with Crippen LogP contribution in [-0.4, -0.2) is 57.2 Å². The van der Waals surface area contributed by atoms with Crippen molar-refractivity contribution < 1.29 is 23.7 Å². The number of nitrogens with two attached hydrogens (primary N) is 2. The average molecular weight is 560 g/mol. The zero-order valence-electron chi connectivity index (χ0n) is 23.7. The Morgan fingerprint density at radius 3 is 2.02 bits per heavy atom. The topological polar surface area (TPSA) is 109 Å². The molecule has 0 bridgehead atoms. The molecule has 8 nitrogen and oxygen atoms in total. The summed E-state index contributed by atoms with van der Waals surface area (Å²) in [7, 11) is 0. The van der Waals surface area contributed by atoms with Gasteiger partial charge in [-0.3, -0.25) is 4.79 Å². The van der Waals surface area contributed by atoms with Gasteiger partial charge in [0.2, 0.25) is 0 Å². The molecule has 4 N–H and O–H groups in total. The number of ether oxygens (including phenoxy) is 4. The maximum Gasteiger partial charge on any atom is 0.315 e. The summed E-state index contributed by atoms with van der Waals surface area (Å²) in [4.78, 5) is 13.6. The summed E-state index contributed by atoms with van der Waals surface area (Å²) < 4.78 is 22.2. The fraction of sp³-hybridized carbons (Fsp3) is 0.364. The lowest BCUT2D eigenvalue weighted by Crippen LogP contribution is -2.41. The lowest BCUT2D eigenvalue weighted by Gasteiger charge is -2.43. The SMILES string of the molecule is CCOCCOCCOCCN(N)/C=C(\N)c1cccc(OC(=O)C2C(c3ccccc3)C[C@@H]2c2ccccc2)c1. The van der Waals surface area contributed by atoms with Crippen LogP contribution in [0, 0.1) is 5.92 Å². The van der Waals surface area contributed by atoms with Gasteiger partial charge in [0.1, 0.15) is 5.75 Å². The molecule has 218 valence electrons. The van der Waals surface area contributed by atoms with Gasteiger partial charge in [0, 0.05) is 18.4 Å². The van der Waals surface area contributed by atoms with Crippen LogP contribution in [0.4, 0.5) is 0 Å². The second kappa shape index (κ2) is 15.9. The smallest absolute Gasteiger partial charge is 0.315 e. The van der Waals surface area contributed by atoms with Crippen molar-refractivity contribution in [1.82, 2.24) is 5.01 Å². The maximum atomic E-state index is 13.6. The number of rotatable bonds is 16. The minimum Gasteiger partial charge on any atom is -0.426 e. The van der Waals surface area contributed by atoms with Crippen molar-refractivity contribution in [1.29, 1.82) is 0 Å². The fourth-order valence-electron chi connectivity index (χ4n) is 5.06. The van der Waals surface area contributed by atoms with Crippen molar-refractivity contribution >= 4 is 11.7 Å². The fourth-order valence-corrected chi connectivity index (χ4v) is 5.06. The van der Waals surface area contributed by atoms with Crippen LogP contribution in [-0.2, 0) is 19.0 Å². The van der Waals surface area contributed by atoms with Gasteiger partial charge < -0.3 is 29.7 Å². The van der Waals surface area contributed by atoms with Gasteiger partial charge in [-0.1, -0.05) is 72.8 Å². The molecule has 0 aliphatic heterocycles. The Bertz CT molecular complexity index is 1190. The van der Waals surface area contributed by atoms with Crippen molar-refractivity contribution in [2.75, 3.05) is 46.2 Å². The van der Waals surface area contributed by atoms with Crippen molar-refractivity contribution in [3.63, 3.8) is 0 Å². The molecule has 0 heterocycles. The quantitative estimate of drug-likeness (QED) is 0.0856. The summed E-state index contributed by atoms with van der Waals surface area (Å²) in [5.74, 6) is 6.25. The second-order valence-corrected chi connectivity index (χ2v) is 9.99. The zero-order chi connectivity index (χ0) is 28.9. The summed E-state index contributed by atoms with van der Waals surface area (Å²) in [6, 6.07) is 27.6. The highest BCUT2D eigenvalue weighted by Crippen LogP contribution is 2.53. The molecule has 8 heteroatoms. The van der Waals surface area contributed by atoms with Gasteiger partial charge in [-0.05, 0) is 48.4 Å². The van der Waals surface area contributed by atoms with E-state index in [1.54, 1.807) is 18.3 Å². The van der Waals surface area contributed by atoms with Crippen LogP contribution in [0.3, 0.4) is 0 Å². The minimum atomic E-state index is -0.272. The number of nitrogens with zero attached hydrogens (tertiary/aromatic N) is 1. The average Bonchev–Trinajstić information content (AvgIpc) is 2.97. The monoisotopic (exact) mass is 559 g/mol. The number of hydrogen-bond donors (Lipinski definition) is 2. The van der Waals surface area contributed by atoms with Gasteiger partial charge in [-0.25, -0.2) is 5.84 Å². The lowest BCUT2D eigenvalue weighted by molar-refractivity contribution is -0.144. The van der Waals surface area contributed by atoms with E-state index in [4.69, 9.17) is 30.5 Å². The standard InChI is InChI=1S/C33H41N3O5/c1-2-38-18-19-40-21-20-39-17-16-36(35)24-31(34)27-14-9-15-28(22-27)41-33(37)32-29(25-10-5-3-6-11-25)23-30(32)26-12-7-4-8-13-26/h3-15,22,24,29-30,32H,2,16-21,23,34-35H2,1H3/b31-24-/t29-,30?,32?/m1/s1. The second-order valence-electron chi connectivity index (χ2n) is 9.99.